The molecule has 2 aromatic rings. The Bertz CT molecular complexity index is 705. The van der Waals surface area contributed by atoms with Gasteiger partial charge in [0.15, 0.2) is 0 Å². The zero-order valence-corrected chi connectivity index (χ0v) is 15.9. The fraction of sp³-hybridized carbons (Fsp3) is 0.474. The number of nitrogens with zero attached hydrogens (tertiary/aromatic N) is 1. The van der Waals surface area contributed by atoms with Gasteiger partial charge < -0.3 is 9.64 Å². The Kier molecular flexibility index (Phi) is 4.79. The lowest BCUT2D eigenvalue weighted by molar-refractivity contribution is 0.0677. The summed E-state index contributed by atoms with van der Waals surface area (Å²) in [5.74, 6) is 1.76. The van der Waals surface area contributed by atoms with E-state index in [1.54, 1.807) is 6.07 Å². The Labute approximate surface area is 157 Å². The fourth-order valence-corrected chi connectivity index (χ4v) is 5.68. The molecule has 2 aliphatic rings. The second-order valence-electron chi connectivity index (χ2n) is 6.85. The minimum Gasteiger partial charge on any atom is -0.492 e. The van der Waals surface area contributed by atoms with Crippen LogP contribution in [0.5, 0.6) is 5.75 Å². The van der Waals surface area contributed by atoms with Gasteiger partial charge >= 0.3 is 0 Å². The van der Waals surface area contributed by atoms with E-state index in [1.807, 2.05) is 23.5 Å². The van der Waals surface area contributed by atoms with Crippen molar-refractivity contribution in [2.24, 2.45) is 5.92 Å². The lowest BCUT2D eigenvalue weighted by Gasteiger charge is -2.42. The summed E-state index contributed by atoms with van der Waals surface area (Å²) in [7, 11) is 2.27. The lowest BCUT2D eigenvalue weighted by atomic mass is 9.80. The molecular weight excluding hydrogens is 361 g/mol. The van der Waals surface area contributed by atoms with E-state index in [0.29, 0.717) is 46.3 Å². The third-order valence-electron chi connectivity index (χ3n) is 5.69. The van der Waals surface area contributed by atoms with E-state index < -0.39 is 0 Å². The zero-order valence-electron chi connectivity index (χ0n) is 13.6. The molecule has 5 heteroatoms. The molecule has 1 aromatic carbocycles. The number of piperidine rings is 1. The molecule has 24 heavy (non-hydrogen) atoms. The highest BCUT2D eigenvalue weighted by molar-refractivity contribution is 7.10. The van der Waals surface area contributed by atoms with Crippen LogP contribution in [0.2, 0.25) is 10.0 Å². The summed E-state index contributed by atoms with van der Waals surface area (Å²) < 4.78 is 6.15. The van der Waals surface area contributed by atoms with Crippen molar-refractivity contribution in [3.63, 3.8) is 0 Å². The molecule has 3 heterocycles. The van der Waals surface area contributed by atoms with E-state index in [2.05, 4.69) is 29.5 Å². The minimum atomic E-state index is 0.488. The van der Waals surface area contributed by atoms with Crippen molar-refractivity contribution in [1.29, 1.82) is 0 Å². The maximum atomic E-state index is 6.29. The van der Waals surface area contributed by atoms with Crippen LogP contribution < -0.4 is 4.74 Å². The summed E-state index contributed by atoms with van der Waals surface area (Å²) in [6.45, 7) is 0.685. The average Bonchev–Trinajstić information content (AvgIpc) is 3.17. The van der Waals surface area contributed by atoms with Crippen LogP contribution in [0.1, 0.15) is 30.1 Å². The van der Waals surface area contributed by atoms with Crippen molar-refractivity contribution >= 4 is 34.5 Å². The molecule has 0 amide bonds. The molecule has 0 aliphatic carbocycles. The lowest BCUT2D eigenvalue weighted by Crippen LogP contribution is -2.47. The van der Waals surface area contributed by atoms with Gasteiger partial charge in [-0.2, -0.15) is 0 Å². The molecule has 1 aromatic heterocycles. The molecular formula is C19H21Cl2NOS. The van der Waals surface area contributed by atoms with Crippen molar-refractivity contribution in [3.8, 4) is 5.75 Å². The smallest absolute Gasteiger partial charge is 0.139 e. The van der Waals surface area contributed by atoms with Gasteiger partial charge in [0.1, 0.15) is 10.8 Å². The summed E-state index contributed by atoms with van der Waals surface area (Å²) in [5.41, 5.74) is 0. The topological polar surface area (TPSA) is 12.5 Å². The molecule has 2 aliphatic heterocycles. The summed E-state index contributed by atoms with van der Waals surface area (Å²) in [5, 5.41) is 3.24. The Balaban J connectivity index is 1.57. The molecule has 2 nitrogen and oxygen atoms in total. The first-order valence-corrected chi connectivity index (χ1v) is 10.1. The molecule has 4 atom stereocenters. The number of fused-ring (bicyclic) bond motifs is 2. The SMILES string of the molecule is CN1C2CCC1[C@H](COc1cccc(Cl)c1Cl)[C@@H](c1cccs1)C2. The van der Waals surface area contributed by atoms with Gasteiger partial charge in [-0.3, -0.25) is 0 Å². The van der Waals surface area contributed by atoms with Gasteiger partial charge in [-0.15, -0.1) is 11.3 Å². The monoisotopic (exact) mass is 381 g/mol. The number of hydrogen-bond acceptors (Lipinski definition) is 3. The maximum absolute atomic E-state index is 6.29. The second-order valence-corrected chi connectivity index (χ2v) is 8.61. The fourth-order valence-electron chi connectivity index (χ4n) is 4.42. The number of halogens is 2. The molecule has 0 radical (unpaired) electrons. The Hall–Kier alpha value is -0.740. The van der Waals surface area contributed by atoms with Gasteiger partial charge in [0.2, 0.25) is 0 Å². The van der Waals surface area contributed by atoms with Crippen LogP contribution in [0, 0.1) is 5.92 Å². The number of hydrogen-bond donors (Lipinski definition) is 0. The van der Waals surface area contributed by atoms with Crippen LogP contribution >= 0.6 is 34.5 Å². The standard InChI is InChI=1S/C19H21Cl2NOS/c1-22-12-7-8-16(22)14(13(10-12)18-6-3-9-24-18)11-23-17-5-2-4-15(20)19(17)21/h2-6,9,12-14,16H,7-8,10-11H2,1H3/t12?,13-,14+,16?/m0/s1. The third-order valence-corrected chi connectivity index (χ3v) is 7.49. The molecule has 2 unspecified atom stereocenters. The average molecular weight is 382 g/mol. The first-order chi connectivity index (χ1) is 11.6. The van der Waals surface area contributed by atoms with E-state index in [9.17, 15) is 0 Å². The van der Waals surface area contributed by atoms with Crippen molar-refractivity contribution in [2.75, 3.05) is 13.7 Å². The van der Waals surface area contributed by atoms with Gasteiger partial charge in [0, 0.05) is 28.8 Å². The molecule has 2 saturated heterocycles. The number of benzene rings is 1. The van der Waals surface area contributed by atoms with Crippen molar-refractivity contribution in [3.05, 3.63) is 50.6 Å². The summed E-state index contributed by atoms with van der Waals surface area (Å²) >= 11 is 14.3. The van der Waals surface area contributed by atoms with Crippen LogP contribution in [-0.2, 0) is 0 Å². The summed E-state index contributed by atoms with van der Waals surface area (Å²) in [6, 6.07) is 11.3. The van der Waals surface area contributed by atoms with Gasteiger partial charge in [-0.05, 0) is 49.9 Å². The summed E-state index contributed by atoms with van der Waals surface area (Å²) in [6.07, 6.45) is 3.79. The molecule has 0 spiro atoms. The van der Waals surface area contributed by atoms with Crippen molar-refractivity contribution in [2.45, 2.75) is 37.3 Å². The van der Waals surface area contributed by atoms with Crippen LogP contribution in [-0.4, -0.2) is 30.6 Å². The number of rotatable bonds is 4. The highest BCUT2D eigenvalue weighted by Gasteiger charge is 2.46. The highest BCUT2D eigenvalue weighted by Crippen LogP contribution is 2.47. The number of ether oxygens (including phenoxy) is 1. The second kappa shape index (κ2) is 6.87. The van der Waals surface area contributed by atoms with Gasteiger partial charge in [-0.1, -0.05) is 35.3 Å². The Morgan fingerprint density at radius 3 is 2.88 bits per heavy atom. The van der Waals surface area contributed by atoms with Crippen LogP contribution in [0.25, 0.3) is 0 Å². The van der Waals surface area contributed by atoms with E-state index in [1.165, 1.54) is 24.1 Å². The Morgan fingerprint density at radius 1 is 1.21 bits per heavy atom. The van der Waals surface area contributed by atoms with E-state index in [-0.39, 0.29) is 0 Å². The van der Waals surface area contributed by atoms with Crippen LogP contribution in [0.15, 0.2) is 35.7 Å². The van der Waals surface area contributed by atoms with Gasteiger partial charge in [0.25, 0.3) is 0 Å². The van der Waals surface area contributed by atoms with Gasteiger partial charge in [0.05, 0.1) is 11.6 Å². The first-order valence-electron chi connectivity index (χ1n) is 8.47. The largest absolute Gasteiger partial charge is 0.492 e. The Morgan fingerprint density at radius 2 is 2.08 bits per heavy atom. The van der Waals surface area contributed by atoms with Crippen LogP contribution in [0.4, 0.5) is 0 Å². The van der Waals surface area contributed by atoms with E-state index in [4.69, 9.17) is 27.9 Å². The predicted molar refractivity (Wildman–Crippen MR) is 102 cm³/mol. The molecule has 0 saturated carbocycles. The third kappa shape index (κ3) is 2.96. The summed E-state index contributed by atoms with van der Waals surface area (Å²) in [4.78, 5) is 4.06. The quantitative estimate of drug-likeness (QED) is 0.673. The molecule has 0 N–H and O–H groups in total. The molecule has 4 rings (SSSR count). The predicted octanol–water partition coefficient (Wildman–Crippen LogP) is 5.70. The highest BCUT2D eigenvalue weighted by atomic mass is 35.5. The normalized spacial score (nSPS) is 29.8. The molecule has 2 bridgehead atoms. The number of thiophene rings is 1. The molecule has 128 valence electrons. The van der Waals surface area contributed by atoms with E-state index >= 15 is 0 Å². The first kappa shape index (κ1) is 16.7. The van der Waals surface area contributed by atoms with E-state index in [0.717, 1.165) is 0 Å². The zero-order chi connectivity index (χ0) is 16.7. The van der Waals surface area contributed by atoms with Crippen molar-refractivity contribution < 1.29 is 4.74 Å². The van der Waals surface area contributed by atoms with Crippen LogP contribution in [0.3, 0.4) is 0 Å². The van der Waals surface area contributed by atoms with Gasteiger partial charge in [-0.25, -0.2) is 0 Å². The van der Waals surface area contributed by atoms with Crippen molar-refractivity contribution in [1.82, 2.24) is 4.90 Å². The maximum Gasteiger partial charge on any atom is 0.139 e. The minimum absolute atomic E-state index is 0.488. The molecule has 2 fully saturated rings.